The third-order valence-electron chi connectivity index (χ3n) is 3.70. The van der Waals surface area contributed by atoms with E-state index in [0.717, 1.165) is 12.2 Å². The van der Waals surface area contributed by atoms with E-state index in [1.165, 1.54) is 16.7 Å². The highest BCUT2D eigenvalue weighted by Crippen LogP contribution is 2.42. The van der Waals surface area contributed by atoms with Crippen molar-refractivity contribution in [3.63, 3.8) is 0 Å². The quantitative estimate of drug-likeness (QED) is 0.750. The molecule has 2 heterocycles. The van der Waals surface area contributed by atoms with Gasteiger partial charge in [0.25, 0.3) is 0 Å². The van der Waals surface area contributed by atoms with Gasteiger partial charge in [0.2, 0.25) is 0 Å². The standard InChI is InChI=1S/C17H19NO/c1-12-10-17(2,3)19-15-8-4-7-14(16(12)15)13-6-5-9-18-11-13/h4-6,8-11,14H,7H2,1-3H3/t14-/m1/s1. The van der Waals surface area contributed by atoms with Crippen molar-refractivity contribution in [2.24, 2.45) is 0 Å². The minimum atomic E-state index is -0.218. The monoisotopic (exact) mass is 253 g/mol. The van der Waals surface area contributed by atoms with E-state index in [-0.39, 0.29) is 5.60 Å². The molecule has 0 saturated heterocycles. The third-order valence-corrected chi connectivity index (χ3v) is 3.70. The number of rotatable bonds is 1. The van der Waals surface area contributed by atoms with E-state index in [9.17, 15) is 0 Å². The van der Waals surface area contributed by atoms with Crippen molar-refractivity contribution < 1.29 is 4.74 Å². The summed E-state index contributed by atoms with van der Waals surface area (Å²) >= 11 is 0. The lowest BCUT2D eigenvalue weighted by Crippen LogP contribution is -2.28. The molecule has 2 nitrogen and oxygen atoms in total. The summed E-state index contributed by atoms with van der Waals surface area (Å²) in [5, 5.41) is 0. The van der Waals surface area contributed by atoms with E-state index in [4.69, 9.17) is 4.74 Å². The summed E-state index contributed by atoms with van der Waals surface area (Å²) < 4.78 is 6.10. The number of ether oxygens (including phenoxy) is 1. The van der Waals surface area contributed by atoms with Crippen LogP contribution in [-0.4, -0.2) is 10.6 Å². The summed E-state index contributed by atoms with van der Waals surface area (Å²) in [5.74, 6) is 1.38. The highest BCUT2D eigenvalue weighted by atomic mass is 16.5. The van der Waals surface area contributed by atoms with Crippen LogP contribution in [0.15, 0.2) is 59.7 Å². The van der Waals surface area contributed by atoms with Crippen LogP contribution in [0.25, 0.3) is 0 Å². The Balaban J connectivity index is 2.05. The van der Waals surface area contributed by atoms with Crippen LogP contribution in [0, 0.1) is 0 Å². The van der Waals surface area contributed by atoms with Gasteiger partial charge in [0, 0.05) is 23.9 Å². The molecule has 0 fully saturated rings. The van der Waals surface area contributed by atoms with E-state index in [1.54, 1.807) is 0 Å². The molecule has 1 atom stereocenters. The highest BCUT2D eigenvalue weighted by molar-refractivity contribution is 5.49. The maximum atomic E-state index is 6.10. The Bertz CT molecular complexity index is 579. The molecule has 0 bridgehead atoms. The van der Waals surface area contributed by atoms with Crippen molar-refractivity contribution >= 4 is 0 Å². The first-order valence-electron chi connectivity index (χ1n) is 6.76. The van der Waals surface area contributed by atoms with Crippen LogP contribution >= 0.6 is 0 Å². The Kier molecular flexibility index (Phi) is 2.81. The van der Waals surface area contributed by atoms with Crippen molar-refractivity contribution in [3.05, 3.63) is 65.2 Å². The van der Waals surface area contributed by atoms with Gasteiger partial charge in [-0.3, -0.25) is 4.98 Å². The molecule has 2 heteroatoms. The van der Waals surface area contributed by atoms with Gasteiger partial charge in [-0.15, -0.1) is 0 Å². The third kappa shape index (κ3) is 2.23. The maximum Gasteiger partial charge on any atom is 0.124 e. The van der Waals surface area contributed by atoms with Crippen LogP contribution in [0.3, 0.4) is 0 Å². The molecule has 1 aliphatic heterocycles. The van der Waals surface area contributed by atoms with Crippen molar-refractivity contribution in [1.82, 2.24) is 4.98 Å². The van der Waals surface area contributed by atoms with Crippen LogP contribution in [0.5, 0.6) is 0 Å². The predicted molar refractivity (Wildman–Crippen MR) is 76.7 cm³/mol. The van der Waals surface area contributed by atoms with Crippen molar-refractivity contribution in [1.29, 1.82) is 0 Å². The van der Waals surface area contributed by atoms with Crippen LogP contribution in [-0.2, 0) is 4.74 Å². The molecule has 3 rings (SSSR count). The number of hydrogen-bond donors (Lipinski definition) is 0. The summed E-state index contributed by atoms with van der Waals surface area (Å²) in [6, 6.07) is 4.15. The minimum Gasteiger partial charge on any atom is -0.483 e. The number of pyridine rings is 1. The second-order valence-corrected chi connectivity index (χ2v) is 5.79. The van der Waals surface area contributed by atoms with Crippen LogP contribution in [0.1, 0.15) is 38.7 Å². The van der Waals surface area contributed by atoms with Crippen LogP contribution < -0.4 is 0 Å². The summed E-state index contributed by atoms with van der Waals surface area (Å²) in [6.45, 7) is 6.38. The molecular weight excluding hydrogens is 234 g/mol. The fraction of sp³-hybridized carbons (Fsp3) is 0.353. The first kappa shape index (κ1) is 12.2. The molecule has 0 saturated carbocycles. The van der Waals surface area contributed by atoms with E-state index in [2.05, 4.69) is 50.0 Å². The van der Waals surface area contributed by atoms with E-state index in [0.29, 0.717) is 5.92 Å². The molecule has 0 spiro atoms. The lowest BCUT2D eigenvalue weighted by molar-refractivity contribution is 0.0777. The zero-order valence-corrected chi connectivity index (χ0v) is 11.7. The summed E-state index contributed by atoms with van der Waals surface area (Å²) in [6.07, 6.45) is 11.3. The number of nitrogens with zero attached hydrogens (tertiary/aromatic N) is 1. The molecule has 0 unspecified atom stereocenters. The van der Waals surface area contributed by atoms with E-state index in [1.807, 2.05) is 18.5 Å². The van der Waals surface area contributed by atoms with E-state index < -0.39 is 0 Å². The number of hydrogen-bond acceptors (Lipinski definition) is 2. The Morgan fingerprint density at radius 2 is 2.21 bits per heavy atom. The second kappa shape index (κ2) is 4.37. The molecule has 19 heavy (non-hydrogen) atoms. The Labute approximate surface area is 114 Å². The zero-order chi connectivity index (χ0) is 13.5. The van der Waals surface area contributed by atoms with Gasteiger partial charge in [-0.2, -0.15) is 0 Å². The fourth-order valence-electron chi connectivity index (χ4n) is 3.05. The van der Waals surface area contributed by atoms with E-state index >= 15 is 0 Å². The lowest BCUT2D eigenvalue weighted by Gasteiger charge is -2.35. The smallest absolute Gasteiger partial charge is 0.124 e. The first-order valence-corrected chi connectivity index (χ1v) is 6.76. The molecule has 1 aliphatic carbocycles. The normalized spacial score (nSPS) is 24.6. The van der Waals surface area contributed by atoms with Gasteiger partial charge in [-0.25, -0.2) is 0 Å². The van der Waals surface area contributed by atoms with Crippen molar-refractivity contribution in [2.75, 3.05) is 0 Å². The predicted octanol–water partition coefficient (Wildman–Crippen LogP) is 4.13. The fourth-order valence-corrected chi connectivity index (χ4v) is 3.05. The molecule has 98 valence electrons. The summed E-state index contributed by atoms with van der Waals surface area (Å²) in [4.78, 5) is 4.24. The van der Waals surface area contributed by atoms with Crippen LogP contribution in [0.4, 0.5) is 0 Å². The average Bonchev–Trinajstić information content (AvgIpc) is 2.37. The van der Waals surface area contributed by atoms with Gasteiger partial charge < -0.3 is 4.74 Å². The van der Waals surface area contributed by atoms with Gasteiger partial charge in [-0.05, 0) is 56.5 Å². The molecule has 2 aliphatic rings. The van der Waals surface area contributed by atoms with Gasteiger partial charge in [0.15, 0.2) is 0 Å². The number of aromatic nitrogens is 1. The molecule has 1 aromatic heterocycles. The van der Waals surface area contributed by atoms with Gasteiger partial charge >= 0.3 is 0 Å². The average molecular weight is 253 g/mol. The van der Waals surface area contributed by atoms with Crippen molar-refractivity contribution in [3.8, 4) is 0 Å². The molecular formula is C17H19NO. The second-order valence-electron chi connectivity index (χ2n) is 5.79. The Hall–Kier alpha value is -1.83. The molecule has 0 amide bonds. The first-order chi connectivity index (χ1) is 9.07. The minimum absolute atomic E-state index is 0.218. The number of allylic oxidation sites excluding steroid dienone is 4. The van der Waals surface area contributed by atoms with Crippen molar-refractivity contribution in [2.45, 2.75) is 38.7 Å². The SMILES string of the molecule is CC1=CC(C)(C)OC2=C1[C@@H](c1cccnc1)CC=C2. The lowest BCUT2D eigenvalue weighted by atomic mass is 9.79. The van der Waals surface area contributed by atoms with Gasteiger partial charge in [0.05, 0.1) is 0 Å². The largest absolute Gasteiger partial charge is 0.483 e. The molecule has 1 aromatic rings. The maximum absolute atomic E-state index is 6.10. The zero-order valence-electron chi connectivity index (χ0n) is 11.7. The van der Waals surface area contributed by atoms with Gasteiger partial charge in [-0.1, -0.05) is 12.1 Å². The molecule has 0 radical (unpaired) electrons. The van der Waals surface area contributed by atoms with Crippen LogP contribution in [0.2, 0.25) is 0 Å². The Morgan fingerprint density at radius 3 is 2.95 bits per heavy atom. The summed E-state index contributed by atoms with van der Waals surface area (Å²) in [7, 11) is 0. The molecule has 0 aromatic carbocycles. The summed E-state index contributed by atoms with van der Waals surface area (Å²) in [5.41, 5.74) is 3.68. The van der Waals surface area contributed by atoms with Gasteiger partial charge in [0.1, 0.15) is 11.4 Å². The topological polar surface area (TPSA) is 22.1 Å². The Morgan fingerprint density at radius 1 is 1.37 bits per heavy atom. The molecule has 0 N–H and O–H groups in total. The highest BCUT2D eigenvalue weighted by Gasteiger charge is 2.31.